The molecule has 3 nitrogen and oxygen atoms in total. The molecule has 0 fully saturated rings. The van der Waals surface area contributed by atoms with E-state index in [0.717, 1.165) is 32.9 Å². The van der Waals surface area contributed by atoms with Crippen LogP contribution in [0.1, 0.15) is 18.4 Å². The molecule has 0 unspecified atom stereocenters. The highest BCUT2D eigenvalue weighted by atomic mass is 19.1. The lowest BCUT2D eigenvalue weighted by Crippen LogP contribution is -1.91. The van der Waals surface area contributed by atoms with E-state index < -0.39 is 0 Å². The second kappa shape index (κ2) is 6.03. The summed E-state index contributed by atoms with van der Waals surface area (Å²) in [6.45, 7) is 0. The monoisotopic (exact) mass is 329 g/mol. The molecule has 3 aromatic rings. The van der Waals surface area contributed by atoms with Gasteiger partial charge in [-0.2, -0.15) is 5.26 Å². The Balaban J connectivity index is 1.94. The Morgan fingerprint density at radius 3 is 2.92 bits per heavy atom. The summed E-state index contributed by atoms with van der Waals surface area (Å²) < 4.78 is 16.1. The summed E-state index contributed by atoms with van der Waals surface area (Å²) in [6, 6.07) is 10.1. The summed E-state index contributed by atoms with van der Waals surface area (Å²) in [4.78, 5) is 4.22. The molecule has 4 heteroatoms. The third-order valence-electron chi connectivity index (χ3n) is 4.68. The molecule has 2 aromatic heterocycles. The molecule has 0 N–H and O–H groups in total. The van der Waals surface area contributed by atoms with E-state index in [-0.39, 0.29) is 17.8 Å². The number of hydrogen-bond donors (Lipinski definition) is 0. The minimum Gasteiger partial charge on any atom is -0.343 e. The molecule has 0 saturated carbocycles. The van der Waals surface area contributed by atoms with E-state index in [0.29, 0.717) is 6.42 Å². The Hall–Kier alpha value is -3.19. The average molecular weight is 329 g/mol. The van der Waals surface area contributed by atoms with Crippen LogP contribution in [-0.2, 0) is 7.05 Å². The lowest BCUT2D eigenvalue weighted by Gasteiger charge is -2.08. The maximum Gasteiger partial charge on any atom is 0.118 e. The van der Waals surface area contributed by atoms with E-state index in [1.165, 1.54) is 0 Å². The SMILES string of the molecule is Cn1c2ccncc2c2ccc(C3=C/C(C#N)=C(/F)CC/C=C\3)cc21. The van der Waals surface area contributed by atoms with E-state index in [4.69, 9.17) is 0 Å². The van der Waals surface area contributed by atoms with Gasteiger partial charge in [0, 0.05) is 42.2 Å². The Morgan fingerprint density at radius 1 is 1.20 bits per heavy atom. The van der Waals surface area contributed by atoms with Crippen LogP contribution in [0.2, 0.25) is 0 Å². The van der Waals surface area contributed by atoms with Crippen molar-refractivity contribution in [3.63, 3.8) is 0 Å². The number of nitriles is 1. The second-order valence-corrected chi connectivity index (χ2v) is 6.15. The van der Waals surface area contributed by atoms with E-state index in [9.17, 15) is 9.65 Å². The average Bonchev–Trinajstić information content (AvgIpc) is 2.92. The summed E-state index contributed by atoms with van der Waals surface area (Å²) >= 11 is 0. The van der Waals surface area contributed by atoms with Crippen molar-refractivity contribution in [1.82, 2.24) is 9.55 Å². The third-order valence-corrected chi connectivity index (χ3v) is 4.68. The zero-order valence-corrected chi connectivity index (χ0v) is 13.8. The van der Waals surface area contributed by atoms with Gasteiger partial charge in [0.1, 0.15) is 11.9 Å². The number of nitrogens with zero attached hydrogens (tertiary/aromatic N) is 3. The van der Waals surface area contributed by atoms with Crippen molar-refractivity contribution in [3.05, 3.63) is 71.9 Å². The lowest BCUT2D eigenvalue weighted by molar-refractivity contribution is 0.586. The predicted molar refractivity (Wildman–Crippen MR) is 98.3 cm³/mol. The van der Waals surface area contributed by atoms with Crippen LogP contribution in [0.25, 0.3) is 27.4 Å². The largest absolute Gasteiger partial charge is 0.343 e. The van der Waals surface area contributed by atoms with Crippen LogP contribution in [0.3, 0.4) is 0 Å². The molecule has 4 rings (SSSR count). The highest BCUT2D eigenvalue weighted by molar-refractivity contribution is 6.08. The van der Waals surface area contributed by atoms with Crippen molar-refractivity contribution in [2.75, 3.05) is 0 Å². The van der Waals surface area contributed by atoms with Gasteiger partial charge in [0.15, 0.2) is 0 Å². The molecule has 1 aliphatic carbocycles. The van der Waals surface area contributed by atoms with Gasteiger partial charge in [0.2, 0.25) is 0 Å². The van der Waals surface area contributed by atoms with Crippen molar-refractivity contribution in [3.8, 4) is 6.07 Å². The molecular weight excluding hydrogens is 313 g/mol. The van der Waals surface area contributed by atoms with Gasteiger partial charge >= 0.3 is 0 Å². The van der Waals surface area contributed by atoms with Gasteiger partial charge < -0.3 is 4.57 Å². The number of hydrogen-bond acceptors (Lipinski definition) is 2. The van der Waals surface area contributed by atoms with Crippen LogP contribution >= 0.6 is 0 Å². The fraction of sp³-hybridized carbons (Fsp3) is 0.143. The van der Waals surface area contributed by atoms with E-state index >= 15 is 0 Å². The van der Waals surface area contributed by atoms with E-state index in [1.807, 2.05) is 43.6 Å². The summed E-state index contributed by atoms with van der Waals surface area (Å²) in [7, 11) is 2.02. The van der Waals surface area contributed by atoms with Crippen molar-refractivity contribution in [2.24, 2.45) is 7.05 Å². The van der Waals surface area contributed by atoms with Gasteiger partial charge in [-0.1, -0.05) is 24.3 Å². The fourth-order valence-electron chi connectivity index (χ4n) is 3.34. The van der Waals surface area contributed by atoms with Gasteiger partial charge in [-0.25, -0.2) is 4.39 Å². The molecule has 0 saturated heterocycles. The van der Waals surface area contributed by atoms with Gasteiger partial charge in [0.25, 0.3) is 0 Å². The first kappa shape index (κ1) is 15.3. The summed E-state index contributed by atoms with van der Waals surface area (Å²) in [5.74, 6) is -0.346. The summed E-state index contributed by atoms with van der Waals surface area (Å²) in [6.07, 6.45) is 10.1. The minimum atomic E-state index is -0.346. The smallest absolute Gasteiger partial charge is 0.118 e. The quantitative estimate of drug-likeness (QED) is 0.615. The number of halogens is 1. The number of aromatic nitrogens is 2. The van der Waals surface area contributed by atoms with Crippen LogP contribution in [-0.4, -0.2) is 9.55 Å². The van der Waals surface area contributed by atoms with Crippen LogP contribution < -0.4 is 0 Å². The lowest BCUT2D eigenvalue weighted by atomic mass is 9.98. The minimum absolute atomic E-state index is 0.112. The Bertz CT molecular complexity index is 1120. The number of rotatable bonds is 1. The third kappa shape index (κ3) is 2.54. The molecule has 1 aliphatic rings. The topological polar surface area (TPSA) is 41.6 Å². The van der Waals surface area contributed by atoms with E-state index in [2.05, 4.69) is 21.7 Å². The number of benzene rings is 1. The molecule has 2 heterocycles. The first-order chi connectivity index (χ1) is 12.2. The summed E-state index contributed by atoms with van der Waals surface area (Å²) in [5.41, 5.74) is 4.12. The van der Waals surface area contributed by atoms with Crippen LogP contribution in [0.5, 0.6) is 0 Å². The molecule has 0 atom stereocenters. The number of aryl methyl sites for hydroxylation is 1. The first-order valence-corrected chi connectivity index (χ1v) is 8.18. The molecule has 1 aromatic carbocycles. The highest BCUT2D eigenvalue weighted by Gasteiger charge is 2.12. The Morgan fingerprint density at radius 2 is 2.08 bits per heavy atom. The fourth-order valence-corrected chi connectivity index (χ4v) is 3.34. The maximum absolute atomic E-state index is 14.0. The number of fused-ring (bicyclic) bond motifs is 3. The molecule has 0 amide bonds. The highest BCUT2D eigenvalue weighted by Crippen LogP contribution is 2.31. The van der Waals surface area contributed by atoms with Crippen molar-refractivity contribution in [1.29, 1.82) is 5.26 Å². The predicted octanol–water partition coefficient (Wildman–Crippen LogP) is 5.21. The Kier molecular flexibility index (Phi) is 3.70. The standard InChI is InChI=1S/C21H16FN3/c1-25-20-8-9-24-13-18(20)17-7-6-15(11-21(17)25)14-4-2-3-5-19(22)16(10-14)12-23/h2,4,6-11,13H,3,5H2,1H3/b4-2-,14-10+,19-16-. The maximum atomic E-state index is 14.0. The van der Waals surface area contributed by atoms with E-state index in [1.54, 1.807) is 12.3 Å². The molecule has 122 valence electrons. The normalized spacial score (nSPS) is 21.4. The molecule has 0 radical (unpaired) electrons. The summed E-state index contributed by atoms with van der Waals surface area (Å²) in [5, 5.41) is 11.5. The number of pyridine rings is 1. The van der Waals surface area contributed by atoms with Gasteiger partial charge in [-0.05, 0) is 35.8 Å². The van der Waals surface area contributed by atoms with Crippen molar-refractivity contribution < 1.29 is 4.39 Å². The zero-order chi connectivity index (χ0) is 17.4. The molecular formula is C21H16FN3. The zero-order valence-electron chi connectivity index (χ0n) is 13.8. The first-order valence-electron chi connectivity index (χ1n) is 8.18. The molecule has 25 heavy (non-hydrogen) atoms. The van der Waals surface area contributed by atoms with Crippen molar-refractivity contribution in [2.45, 2.75) is 12.8 Å². The van der Waals surface area contributed by atoms with Crippen LogP contribution in [0, 0.1) is 11.3 Å². The Labute approximate surface area is 145 Å². The number of allylic oxidation sites excluding steroid dienone is 6. The van der Waals surface area contributed by atoms with Gasteiger partial charge in [-0.15, -0.1) is 0 Å². The second-order valence-electron chi connectivity index (χ2n) is 6.15. The van der Waals surface area contributed by atoms with Crippen LogP contribution in [0.15, 0.2) is 66.3 Å². The molecule has 0 aliphatic heterocycles. The van der Waals surface area contributed by atoms with Crippen LogP contribution in [0.4, 0.5) is 4.39 Å². The van der Waals surface area contributed by atoms with Gasteiger partial charge in [0.05, 0.1) is 11.1 Å². The van der Waals surface area contributed by atoms with Gasteiger partial charge in [-0.3, -0.25) is 4.98 Å². The molecule has 0 spiro atoms. The molecule has 0 bridgehead atoms. The van der Waals surface area contributed by atoms with Crippen molar-refractivity contribution >= 4 is 27.4 Å².